The van der Waals surface area contributed by atoms with E-state index in [1.807, 2.05) is 0 Å². The SMILES string of the molecule is CCC1C2CNCCC2CCN1C. The highest BCUT2D eigenvalue weighted by Gasteiger charge is 2.36. The molecule has 2 heterocycles. The zero-order chi connectivity index (χ0) is 9.26. The predicted molar refractivity (Wildman–Crippen MR) is 55.8 cm³/mol. The molecule has 2 rings (SSSR count). The van der Waals surface area contributed by atoms with Crippen molar-refractivity contribution < 1.29 is 0 Å². The van der Waals surface area contributed by atoms with E-state index in [9.17, 15) is 0 Å². The molecule has 0 amide bonds. The third-order valence-electron chi connectivity index (χ3n) is 4.01. The molecular formula is C11H22N2. The van der Waals surface area contributed by atoms with Crippen LogP contribution in [0.5, 0.6) is 0 Å². The molecule has 0 aromatic heterocycles. The van der Waals surface area contributed by atoms with E-state index in [2.05, 4.69) is 24.2 Å². The Labute approximate surface area is 81.7 Å². The Balaban J connectivity index is 2.04. The summed E-state index contributed by atoms with van der Waals surface area (Å²) in [4.78, 5) is 2.56. The molecule has 1 N–H and O–H groups in total. The second kappa shape index (κ2) is 3.97. The van der Waals surface area contributed by atoms with Gasteiger partial charge in [0, 0.05) is 6.04 Å². The van der Waals surface area contributed by atoms with Crippen LogP contribution >= 0.6 is 0 Å². The minimum Gasteiger partial charge on any atom is -0.316 e. The minimum absolute atomic E-state index is 0.839. The molecule has 2 nitrogen and oxygen atoms in total. The van der Waals surface area contributed by atoms with Crippen LogP contribution in [0, 0.1) is 11.8 Å². The van der Waals surface area contributed by atoms with Crippen molar-refractivity contribution in [3.8, 4) is 0 Å². The molecule has 0 aliphatic carbocycles. The number of fused-ring (bicyclic) bond motifs is 1. The highest BCUT2D eigenvalue weighted by atomic mass is 15.1. The van der Waals surface area contributed by atoms with Gasteiger partial charge in [-0.25, -0.2) is 0 Å². The van der Waals surface area contributed by atoms with Crippen molar-refractivity contribution in [2.45, 2.75) is 32.2 Å². The molecule has 2 fully saturated rings. The number of rotatable bonds is 1. The maximum absolute atomic E-state index is 3.54. The number of nitrogens with one attached hydrogen (secondary N) is 1. The van der Waals surface area contributed by atoms with Crippen LogP contribution in [0.4, 0.5) is 0 Å². The van der Waals surface area contributed by atoms with Gasteiger partial charge < -0.3 is 10.2 Å². The number of hydrogen-bond acceptors (Lipinski definition) is 2. The van der Waals surface area contributed by atoms with E-state index in [-0.39, 0.29) is 0 Å². The van der Waals surface area contributed by atoms with Crippen molar-refractivity contribution in [1.82, 2.24) is 10.2 Å². The second-order valence-electron chi connectivity index (χ2n) is 4.66. The zero-order valence-corrected chi connectivity index (χ0v) is 8.92. The van der Waals surface area contributed by atoms with Crippen LogP contribution < -0.4 is 5.32 Å². The smallest absolute Gasteiger partial charge is 0.0133 e. The van der Waals surface area contributed by atoms with Gasteiger partial charge in [0.25, 0.3) is 0 Å². The number of hydrogen-bond donors (Lipinski definition) is 1. The molecule has 0 saturated carbocycles. The Hall–Kier alpha value is -0.0800. The van der Waals surface area contributed by atoms with Gasteiger partial charge in [0.15, 0.2) is 0 Å². The minimum atomic E-state index is 0.839. The van der Waals surface area contributed by atoms with Crippen LogP contribution in [-0.2, 0) is 0 Å². The first-order valence-electron chi connectivity index (χ1n) is 5.74. The standard InChI is InChI=1S/C11H22N2/c1-3-11-10-8-12-6-4-9(10)5-7-13(11)2/h9-12H,3-8H2,1-2H3. The van der Waals surface area contributed by atoms with Crippen LogP contribution in [-0.4, -0.2) is 37.6 Å². The third-order valence-corrected chi connectivity index (χ3v) is 4.01. The summed E-state index contributed by atoms with van der Waals surface area (Å²) in [5, 5.41) is 3.54. The van der Waals surface area contributed by atoms with Gasteiger partial charge in [0.05, 0.1) is 0 Å². The van der Waals surface area contributed by atoms with Crippen LogP contribution in [0.2, 0.25) is 0 Å². The topological polar surface area (TPSA) is 15.3 Å². The summed E-state index contributed by atoms with van der Waals surface area (Å²) in [5.41, 5.74) is 0. The van der Waals surface area contributed by atoms with Crippen molar-refractivity contribution in [3.05, 3.63) is 0 Å². The van der Waals surface area contributed by atoms with E-state index in [0.717, 1.165) is 17.9 Å². The van der Waals surface area contributed by atoms with Gasteiger partial charge in [-0.2, -0.15) is 0 Å². The van der Waals surface area contributed by atoms with Crippen LogP contribution in [0.15, 0.2) is 0 Å². The first-order chi connectivity index (χ1) is 6.33. The molecule has 0 aromatic rings. The Kier molecular flexibility index (Phi) is 2.89. The largest absolute Gasteiger partial charge is 0.316 e. The molecule has 2 heteroatoms. The Morgan fingerprint density at radius 3 is 3.00 bits per heavy atom. The monoisotopic (exact) mass is 182 g/mol. The number of nitrogens with zero attached hydrogens (tertiary/aromatic N) is 1. The normalized spacial score (nSPS) is 41.5. The van der Waals surface area contributed by atoms with E-state index in [4.69, 9.17) is 0 Å². The summed E-state index contributed by atoms with van der Waals surface area (Å²) < 4.78 is 0. The molecule has 76 valence electrons. The second-order valence-corrected chi connectivity index (χ2v) is 4.66. The first-order valence-corrected chi connectivity index (χ1v) is 5.74. The number of piperidine rings is 2. The molecule has 0 spiro atoms. The van der Waals surface area contributed by atoms with Crippen molar-refractivity contribution in [1.29, 1.82) is 0 Å². The Bertz CT molecular complexity index is 169. The van der Waals surface area contributed by atoms with Crippen LogP contribution in [0.1, 0.15) is 26.2 Å². The fourth-order valence-electron chi connectivity index (χ4n) is 3.22. The first kappa shape index (κ1) is 9.47. The quantitative estimate of drug-likeness (QED) is 0.658. The van der Waals surface area contributed by atoms with Gasteiger partial charge in [0.2, 0.25) is 0 Å². The lowest BCUT2D eigenvalue weighted by atomic mass is 9.75. The molecular weight excluding hydrogens is 160 g/mol. The molecule has 0 radical (unpaired) electrons. The molecule has 13 heavy (non-hydrogen) atoms. The van der Waals surface area contributed by atoms with Gasteiger partial charge in [-0.3, -0.25) is 0 Å². The summed E-state index contributed by atoms with van der Waals surface area (Å²) in [6.07, 6.45) is 4.16. The van der Waals surface area contributed by atoms with E-state index in [1.165, 1.54) is 38.9 Å². The van der Waals surface area contributed by atoms with Gasteiger partial charge in [0.1, 0.15) is 0 Å². The third kappa shape index (κ3) is 1.75. The lowest BCUT2D eigenvalue weighted by Gasteiger charge is -2.46. The maximum Gasteiger partial charge on any atom is 0.0133 e. The average Bonchev–Trinajstić information content (AvgIpc) is 2.18. The van der Waals surface area contributed by atoms with Crippen molar-refractivity contribution >= 4 is 0 Å². The van der Waals surface area contributed by atoms with Crippen LogP contribution in [0.25, 0.3) is 0 Å². The molecule has 0 bridgehead atoms. The van der Waals surface area contributed by atoms with E-state index >= 15 is 0 Å². The maximum atomic E-state index is 3.54. The molecule has 0 aromatic carbocycles. The van der Waals surface area contributed by atoms with Crippen molar-refractivity contribution in [2.75, 3.05) is 26.7 Å². The predicted octanol–water partition coefficient (Wildman–Crippen LogP) is 1.33. The zero-order valence-electron chi connectivity index (χ0n) is 8.92. The molecule has 3 atom stereocenters. The molecule has 2 aliphatic heterocycles. The lowest BCUT2D eigenvalue weighted by molar-refractivity contribution is 0.0476. The Morgan fingerprint density at radius 1 is 1.38 bits per heavy atom. The van der Waals surface area contributed by atoms with Crippen LogP contribution in [0.3, 0.4) is 0 Å². The average molecular weight is 182 g/mol. The summed E-state index contributed by atoms with van der Waals surface area (Å²) in [6.45, 7) is 6.16. The van der Waals surface area contributed by atoms with Gasteiger partial charge in [-0.1, -0.05) is 6.92 Å². The summed E-state index contributed by atoms with van der Waals surface area (Å²) in [7, 11) is 2.29. The van der Waals surface area contributed by atoms with E-state index < -0.39 is 0 Å². The van der Waals surface area contributed by atoms with Gasteiger partial charge >= 0.3 is 0 Å². The van der Waals surface area contributed by atoms with Gasteiger partial charge in [-0.15, -0.1) is 0 Å². The number of likely N-dealkylation sites (tertiary alicyclic amines) is 1. The van der Waals surface area contributed by atoms with E-state index in [0.29, 0.717) is 0 Å². The summed E-state index contributed by atoms with van der Waals surface area (Å²) >= 11 is 0. The Morgan fingerprint density at radius 2 is 2.23 bits per heavy atom. The summed E-state index contributed by atoms with van der Waals surface area (Å²) in [6, 6.07) is 0.839. The fourth-order valence-corrected chi connectivity index (χ4v) is 3.22. The highest BCUT2D eigenvalue weighted by Crippen LogP contribution is 2.33. The molecule has 2 saturated heterocycles. The van der Waals surface area contributed by atoms with E-state index in [1.54, 1.807) is 0 Å². The molecule has 2 aliphatic rings. The van der Waals surface area contributed by atoms with Crippen molar-refractivity contribution in [3.63, 3.8) is 0 Å². The van der Waals surface area contributed by atoms with Gasteiger partial charge in [-0.05, 0) is 57.8 Å². The highest BCUT2D eigenvalue weighted by molar-refractivity contribution is 4.91. The fraction of sp³-hybridized carbons (Fsp3) is 1.00. The summed E-state index contributed by atoms with van der Waals surface area (Å²) in [5.74, 6) is 1.94. The lowest BCUT2D eigenvalue weighted by Crippen LogP contribution is -2.53. The molecule has 3 unspecified atom stereocenters. The van der Waals surface area contributed by atoms with Crippen molar-refractivity contribution in [2.24, 2.45) is 11.8 Å².